The zero-order valence-electron chi connectivity index (χ0n) is 14.9. The fourth-order valence-corrected chi connectivity index (χ4v) is 3.54. The van der Waals surface area contributed by atoms with E-state index in [2.05, 4.69) is 10.0 Å². The van der Waals surface area contributed by atoms with E-state index in [-0.39, 0.29) is 24.0 Å². The number of sulfonamides is 1. The highest BCUT2D eigenvalue weighted by Crippen LogP contribution is 2.35. The molecule has 0 aromatic heterocycles. The molecule has 2 N–H and O–H groups in total. The first-order valence-corrected chi connectivity index (χ1v) is 9.90. The van der Waals surface area contributed by atoms with Crippen LogP contribution in [0.3, 0.4) is 0 Å². The van der Waals surface area contributed by atoms with Crippen molar-refractivity contribution in [3.63, 3.8) is 0 Å². The van der Waals surface area contributed by atoms with Gasteiger partial charge in [0.1, 0.15) is 5.75 Å². The highest BCUT2D eigenvalue weighted by molar-refractivity contribution is 7.92. The van der Waals surface area contributed by atoms with E-state index in [1.165, 1.54) is 18.2 Å². The molecule has 1 amide bonds. The molecule has 3 rings (SSSR count). The third-order valence-corrected chi connectivity index (χ3v) is 5.16. The Kier molecular flexibility index (Phi) is 5.41. The highest BCUT2D eigenvalue weighted by atomic mass is 32.2. The van der Waals surface area contributed by atoms with Gasteiger partial charge in [-0.15, -0.1) is 0 Å². The van der Waals surface area contributed by atoms with Crippen LogP contribution in [0.25, 0.3) is 0 Å². The number of ether oxygens (including phenoxy) is 3. The number of carbonyl (C=O) groups excluding carboxylic acids is 1. The van der Waals surface area contributed by atoms with Crippen molar-refractivity contribution in [2.45, 2.75) is 25.2 Å². The number of anilines is 2. The maximum Gasteiger partial charge on any atom is 0.261 e. The van der Waals surface area contributed by atoms with E-state index in [0.29, 0.717) is 35.2 Å². The van der Waals surface area contributed by atoms with Crippen molar-refractivity contribution in [3.05, 3.63) is 36.4 Å². The topological polar surface area (TPSA) is 103 Å². The second-order valence-electron chi connectivity index (χ2n) is 5.67. The van der Waals surface area contributed by atoms with Crippen LogP contribution in [-0.2, 0) is 14.8 Å². The lowest BCUT2D eigenvalue weighted by molar-refractivity contribution is -0.115. The normalized spacial score (nSPS) is 12.5. The van der Waals surface area contributed by atoms with Gasteiger partial charge in [0.15, 0.2) is 11.5 Å². The Morgan fingerprint density at radius 3 is 2.63 bits per heavy atom. The minimum atomic E-state index is -3.88. The van der Waals surface area contributed by atoms with E-state index in [1.807, 2.05) is 0 Å². The quantitative estimate of drug-likeness (QED) is 0.751. The fraction of sp³-hybridized carbons (Fsp3) is 0.278. The molecule has 0 atom stereocenters. The second-order valence-corrected chi connectivity index (χ2v) is 7.35. The van der Waals surface area contributed by atoms with Crippen LogP contribution in [-0.4, -0.2) is 27.7 Å². The number of amides is 1. The SMILES string of the molecule is CCOc1ccc(S(=O)(=O)Nc2ccc3c(c2)OCO3)cc1NC(=O)CC. The summed E-state index contributed by atoms with van der Waals surface area (Å²) in [7, 11) is -3.88. The maximum absolute atomic E-state index is 12.7. The van der Waals surface area contributed by atoms with Gasteiger partial charge in [-0.25, -0.2) is 8.42 Å². The second kappa shape index (κ2) is 7.75. The smallest absolute Gasteiger partial charge is 0.261 e. The van der Waals surface area contributed by atoms with Crippen molar-refractivity contribution < 1.29 is 27.4 Å². The van der Waals surface area contributed by atoms with Gasteiger partial charge >= 0.3 is 0 Å². The molecule has 0 spiro atoms. The zero-order chi connectivity index (χ0) is 19.4. The molecule has 1 aliphatic rings. The van der Waals surface area contributed by atoms with E-state index in [9.17, 15) is 13.2 Å². The van der Waals surface area contributed by atoms with Gasteiger partial charge in [-0.3, -0.25) is 9.52 Å². The van der Waals surface area contributed by atoms with Crippen molar-refractivity contribution in [1.29, 1.82) is 0 Å². The van der Waals surface area contributed by atoms with Crippen LogP contribution in [0.15, 0.2) is 41.3 Å². The molecular weight excluding hydrogens is 372 g/mol. The Morgan fingerprint density at radius 1 is 1.11 bits per heavy atom. The monoisotopic (exact) mass is 392 g/mol. The molecule has 2 aromatic rings. The number of fused-ring (bicyclic) bond motifs is 1. The molecule has 27 heavy (non-hydrogen) atoms. The Hall–Kier alpha value is -2.94. The minimum Gasteiger partial charge on any atom is -0.492 e. The lowest BCUT2D eigenvalue weighted by atomic mass is 10.3. The molecule has 8 nitrogen and oxygen atoms in total. The Morgan fingerprint density at radius 2 is 1.89 bits per heavy atom. The molecule has 0 saturated heterocycles. The van der Waals surface area contributed by atoms with Crippen molar-refractivity contribution in [2.75, 3.05) is 23.4 Å². The molecule has 1 heterocycles. The van der Waals surface area contributed by atoms with Gasteiger partial charge < -0.3 is 19.5 Å². The molecule has 0 unspecified atom stereocenters. The summed E-state index contributed by atoms with van der Waals surface area (Å²) >= 11 is 0. The van der Waals surface area contributed by atoms with E-state index in [0.717, 1.165) is 0 Å². The first kappa shape index (κ1) is 18.8. The molecule has 0 bridgehead atoms. The lowest BCUT2D eigenvalue weighted by Crippen LogP contribution is -2.15. The van der Waals surface area contributed by atoms with Gasteiger partial charge in [0.25, 0.3) is 10.0 Å². The Balaban J connectivity index is 1.89. The highest BCUT2D eigenvalue weighted by Gasteiger charge is 2.20. The number of benzene rings is 2. The van der Waals surface area contributed by atoms with E-state index >= 15 is 0 Å². The Bertz CT molecular complexity index is 958. The molecular formula is C18H20N2O6S. The molecule has 0 aliphatic carbocycles. The lowest BCUT2D eigenvalue weighted by Gasteiger charge is -2.14. The molecule has 9 heteroatoms. The van der Waals surface area contributed by atoms with Crippen LogP contribution < -0.4 is 24.2 Å². The van der Waals surface area contributed by atoms with Crippen LogP contribution in [0.2, 0.25) is 0 Å². The van der Waals surface area contributed by atoms with E-state index in [4.69, 9.17) is 14.2 Å². The summed E-state index contributed by atoms with van der Waals surface area (Å²) in [6.45, 7) is 4.00. The van der Waals surface area contributed by atoms with Crippen LogP contribution in [0.4, 0.5) is 11.4 Å². The predicted octanol–water partition coefficient (Wildman–Crippen LogP) is 2.96. The number of hydrogen-bond donors (Lipinski definition) is 2. The van der Waals surface area contributed by atoms with Crippen LogP contribution in [0.5, 0.6) is 17.2 Å². The summed E-state index contributed by atoms with van der Waals surface area (Å²) in [5.41, 5.74) is 0.643. The minimum absolute atomic E-state index is 0.00461. The number of carbonyl (C=O) groups is 1. The van der Waals surface area contributed by atoms with Crippen molar-refractivity contribution in [2.24, 2.45) is 0 Å². The largest absolute Gasteiger partial charge is 0.492 e. The zero-order valence-corrected chi connectivity index (χ0v) is 15.8. The van der Waals surface area contributed by atoms with Gasteiger partial charge in [0.05, 0.1) is 22.9 Å². The van der Waals surface area contributed by atoms with Crippen molar-refractivity contribution >= 4 is 27.3 Å². The summed E-state index contributed by atoms with van der Waals surface area (Å²) in [6, 6.07) is 9.07. The van der Waals surface area contributed by atoms with Crippen LogP contribution >= 0.6 is 0 Å². The standard InChI is InChI=1S/C18H20N2O6S/c1-3-18(21)19-14-10-13(6-8-15(14)24-4-2)27(22,23)20-12-5-7-16-17(9-12)26-11-25-16/h5-10,20H,3-4,11H2,1-2H3,(H,19,21). The van der Waals surface area contributed by atoms with E-state index < -0.39 is 10.0 Å². The maximum atomic E-state index is 12.7. The van der Waals surface area contributed by atoms with Gasteiger partial charge in [0, 0.05) is 12.5 Å². The molecule has 144 valence electrons. The average molecular weight is 392 g/mol. The summed E-state index contributed by atoms with van der Waals surface area (Å²) in [5, 5.41) is 2.66. The van der Waals surface area contributed by atoms with Crippen molar-refractivity contribution in [1.82, 2.24) is 0 Å². The molecule has 1 aliphatic heterocycles. The van der Waals surface area contributed by atoms with Gasteiger partial charge in [-0.05, 0) is 37.3 Å². The Labute approximate surface area is 157 Å². The molecule has 0 saturated carbocycles. The van der Waals surface area contributed by atoms with Gasteiger partial charge in [-0.1, -0.05) is 6.92 Å². The first-order valence-electron chi connectivity index (χ1n) is 8.42. The number of nitrogens with one attached hydrogen (secondary N) is 2. The first-order chi connectivity index (χ1) is 12.9. The summed E-state index contributed by atoms with van der Waals surface area (Å²) < 4.78 is 43.9. The fourth-order valence-electron chi connectivity index (χ4n) is 2.47. The number of rotatable bonds is 7. The molecule has 0 radical (unpaired) electrons. The predicted molar refractivity (Wildman–Crippen MR) is 99.9 cm³/mol. The van der Waals surface area contributed by atoms with E-state index in [1.54, 1.807) is 32.0 Å². The third kappa shape index (κ3) is 4.25. The number of hydrogen-bond acceptors (Lipinski definition) is 6. The van der Waals surface area contributed by atoms with Crippen LogP contribution in [0, 0.1) is 0 Å². The van der Waals surface area contributed by atoms with Crippen molar-refractivity contribution in [3.8, 4) is 17.2 Å². The van der Waals surface area contributed by atoms with Gasteiger partial charge in [-0.2, -0.15) is 0 Å². The summed E-state index contributed by atoms with van der Waals surface area (Å²) in [5.74, 6) is 1.19. The molecule has 0 fully saturated rings. The van der Waals surface area contributed by atoms with Crippen LogP contribution in [0.1, 0.15) is 20.3 Å². The average Bonchev–Trinajstić information content (AvgIpc) is 3.10. The summed E-state index contributed by atoms with van der Waals surface area (Å²) in [6.07, 6.45) is 0.262. The van der Waals surface area contributed by atoms with Gasteiger partial charge in [0.2, 0.25) is 12.7 Å². The summed E-state index contributed by atoms with van der Waals surface area (Å²) in [4.78, 5) is 11.7. The third-order valence-electron chi connectivity index (χ3n) is 3.78. The molecule has 2 aromatic carbocycles.